The fraction of sp³-hybridized carbons (Fsp3) is 0.818. The monoisotopic (exact) mass is 308 g/mol. The summed E-state index contributed by atoms with van der Waals surface area (Å²) in [5, 5.41) is 9.30. The molecule has 1 unspecified atom stereocenters. The van der Waals surface area contributed by atoms with Gasteiger partial charge in [-0.15, -0.1) is 0 Å². The van der Waals surface area contributed by atoms with Gasteiger partial charge in [0, 0.05) is 6.54 Å². The lowest BCUT2D eigenvalue weighted by Gasteiger charge is -2.42. The number of carbonyl (C=O) groups is 2. The van der Waals surface area contributed by atoms with Gasteiger partial charge in [0.1, 0.15) is 6.04 Å². The summed E-state index contributed by atoms with van der Waals surface area (Å²) in [6, 6.07) is -1.22. The van der Waals surface area contributed by atoms with Crippen molar-refractivity contribution in [2.24, 2.45) is 5.41 Å². The van der Waals surface area contributed by atoms with Crippen LogP contribution >= 0.6 is 0 Å². The first-order valence-corrected chi connectivity index (χ1v) is 7.75. The Morgan fingerprint density at radius 3 is 2.55 bits per heavy atom. The van der Waals surface area contributed by atoms with Crippen LogP contribution in [-0.4, -0.2) is 49.1 Å². The van der Waals surface area contributed by atoms with Gasteiger partial charge in [-0.2, -0.15) is 12.7 Å². The number of carboxylic acid groups (broad SMARTS) is 1. The summed E-state index contributed by atoms with van der Waals surface area (Å²) >= 11 is 0. The van der Waals surface area contributed by atoms with Gasteiger partial charge in [-0.3, -0.25) is 4.79 Å². The second kappa shape index (κ2) is 5.96. The van der Waals surface area contributed by atoms with Crippen LogP contribution < -0.4 is 4.72 Å². The van der Waals surface area contributed by atoms with Crippen LogP contribution in [0.5, 0.6) is 0 Å². The Kier molecular flexibility index (Phi) is 4.98. The molecule has 9 heteroatoms. The highest BCUT2D eigenvalue weighted by Crippen LogP contribution is 2.36. The Morgan fingerprint density at radius 2 is 2.05 bits per heavy atom. The molecule has 0 aromatic carbocycles. The molecule has 1 amide bonds. The highest BCUT2D eigenvalue weighted by atomic mass is 32.2. The highest BCUT2D eigenvalue weighted by Gasteiger charge is 2.47. The van der Waals surface area contributed by atoms with E-state index in [0.717, 1.165) is 4.31 Å². The molecule has 0 spiro atoms. The molecule has 0 aliphatic carbocycles. The van der Waals surface area contributed by atoms with Crippen molar-refractivity contribution in [1.82, 2.24) is 9.03 Å². The number of carboxylic acids is 1. The van der Waals surface area contributed by atoms with Crippen molar-refractivity contribution >= 4 is 22.3 Å². The Hall–Kier alpha value is -1.35. The fourth-order valence-electron chi connectivity index (χ4n) is 2.39. The summed E-state index contributed by atoms with van der Waals surface area (Å²) in [6.45, 7) is 5.00. The molecular formula is C11H20N2O6S. The van der Waals surface area contributed by atoms with Crippen LogP contribution in [-0.2, 0) is 19.7 Å². The zero-order valence-corrected chi connectivity index (χ0v) is 12.6. The normalized spacial score (nSPS) is 23.1. The molecule has 0 saturated carbocycles. The third-order valence-electron chi connectivity index (χ3n) is 3.26. The van der Waals surface area contributed by atoms with Crippen molar-refractivity contribution < 1.29 is 27.9 Å². The summed E-state index contributed by atoms with van der Waals surface area (Å²) < 4.78 is 31.3. The van der Waals surface area contributed by atoms with Gasteiger partial charge in [0.25, 0.3) is 0 Å². The summed E-state index contributed by atoms with van der Waals surface area (Å²) in [4.78, 5) is 22.6. The summed E-state index contributed by atoms with van der Waals surface area (Å²) in [6.07, 6.45) is 0.00985. The van der Waals surface area contributed by atoms with Crippen LogP contribution in [0.25, 0.3) is 0 Å². The van der Waals surface area contributed by atoms with E-state index in [9.17, 15) is 23.1 Å². The first-order valence-electron chi connectivity index (χ1n) is 6.31. The molecule has 1 atom stereocenters. The number of hydrogen-bond donors (Lipinski definition) is 2. The molecule has 1 aliphatic rings. The topological polar surface area (TPSA) is 113 Å². The lowest BCUT2D eigenvalue weighted by Crippen LogP contribution is -2.59. The van der Waals surface area contributed by atoms with E-state index >= 15 is 0 Å². The van der Waals surface area contributed by atoms with Crippen LogP contribution in [0.4, 0.5) is 4.79 Å². The summed E-state index contributed by atoms with van der Waals surface area (Å²) in [7, 11) is -4.24. The molecule has 0 aromatic rings. The fourth-order valence-corrected chi connectivity index (χ4v) is 3.80. The average Bonchev–Trinajstić information content (AvgIpc) is 2.26. The maximum Gasteiger partial charge on any atom is 0.421 e. The van der Waals surface area contributed by atoms with Crippen LogP contribution in [0.3, 0.4) is 0 Å². The van der Waals surface area contributed by atoms with Crippen molar-refractivity contribution in [3.05, 3.63) is 0 Å². The molecule has 1 fully saturated rings. The van der Waals surface area contributed by atoms with Gasteiger partial charge in [0.2, 0.25) is 0 Å². The van der Waals surface area contributed by atoms with Crippen LogP contribution in [0, 0.1) is 5.41 Å². The minimum Gasteiger partial charge on any atom is -0.480 e. The van der Waals surface area contributed by atoms with Gasteiger partial charge in [0.05, 0.1) is 6.61 Å². The van der Waals surface area contributed by atoms with Crippen LogP contribution in [0.2, 0.25) is 0 Å². The first kappa shape index (κ1) is 16.7. The number of carbonyl (C=O) groups excluding carboxylic acids is 1. The molecule has 0 bridgehead atoms. The molecule has 1 heterocycles. The van der Waals surface area contributed by atoms with Crippen LogP contribution in [0.15, 0.2) is 0 Å². The number of ether oxygens (including phenoxy) is 1. The van der Waals surface area contributed by atoms with Gasteiger partial charge in [-0.05, 0) is 25.2 Å². The molecule has 8 nitrogen and oxygen atoms in total. The van der Waals surface area contributed by atoms with Crippen molar-refractivity contribution in [2.75, 3.05) is 13.2 Å². The smallest absolute Gasteiger partial charge is 0.421 e. The van der Waals surface area contributed by atoms with Gasteiger partial charge >= 0.3 is 22.3 Å². The molecular weight excluding hydrogens is 288 g/mol. The van der Waals surface area contributed by atoms with E-state index in [1.54, 1.807) is 18.6 Å². The van der Waals surface area contributed by atoms with E-state index in [2.05, 4.69) is 4.74 Å². The first-order chi connectivity index (χ1) is 9.12. The maximum absolute atomic E-state index is 12.1. The average molecular weight is 308 g/mol. The van der Waals surface area contributed by atoms with Gasteiger partial charge < -0.3 is 9.84 Å². The molecule has 116 valence electrons. The highest BCUT2D eigenvalue weighted by molar-refractivity contribution is 7.87. The van der Waals surface area contributed by atoms with Crippen LogP contribution in [0.1, 0.15) is 33.6 Å². The zero-order valence-electron chi connectivity index (χ0n) is 11.7. The number of piperidine rings is 1. The lowest BCUT2D eigenvalue weighted by atomic mass is 9.77. The molecule has 20 heavy (non-hydrogen) atoms. The molecule has 1 rings (SSSR count). The number of amides is 1. The minimum absolute atomic E-state index is 0.0230. The van der Waals surface area contributed by atoms with Gasteiger partial charge in [0.15, 0.2) is 0 Å². The SMILES string of the molecule is CCOC(=O)NS(=O)(=O)N1CCCC(C)(C)C1C(=O)O. The third kappa shape index (κ3) is 3.60. The van der Waals surface area contributed by atoms with Crippen molar-refractivity contribution in [3.63, 3.8) is 0 Å². The van der Waals surface area contributed by atoms with Crippen molar-refractivity contribution in [2.45, 2.75) is 39.7 Å². The predicted molar refractivity (Wildman–Crippen MR) is 70.2 cm³/mol. The Bertz CT molecular complexity index is 487. The minimum atomic E-state index is -4.24. The largest absolute Gasteiger partial charge is 0.480 e. The van der Waals surface area contributed by atoms with E-state index in [1.165, 1.54) is 6.92 Å². The van der Waals surface area contributed by atoms with Crippen molar-refractivity contribution in [3.8, 4) is 0 Å². The Balaban J connectivity index is 3.02. The van der Waals surface area contributed by atoms with Gasteiger partial charge in [-0.1, -0.05) is 13.8 Å². The predicted octanol–water partition coefficient (Wildman–Crippen LogP) is 0.552. The second-order valence-electron chi connectivity index (χ2n) is 5.27. The van der Waals surface area contributed by atoms with Gasteiger partial charge in [-0.25, -0.2) is 9.52 Å². The van der Waals surface area contributed by atoms with Crippen molar-refractivity contribution in [1.29, 1.82) is 0 Å². The standard InChI is InChI=1S/C11H20N2O6S/c1-4-19-10(16)12-20(17,18)13-7-5-6-11(2,3)8(13)9(14)15/h8H,4-7H2,1-3H3,(H,12,16)(H,14,15). The zero-order chi connectivity index (χ0) is 15.6. The van der Waals surface area contributed by atoms with E-state index in [4.69, 9.17) is 0 Å². The number of hydrogen-bond acceptors (Lipinski definition) is 5. The van der Waals surface area contributed by atoms with E-state index < -0.39 is 33.7 Å². The maximum atomic E-state index is 12.1. The van der Waals surface area contributed by atoms with E-state index in [1.807, 2.05) is 0 Å². The molecule has 1 aliphatic heterocycles. The number of nitrogens with one attached hydrogen (secondary N) is 1. The molecule has 0 aromatic heterocycles. The third-order valence-corrected chi connectivity index (χ3v) is 4.69. The number of rotatable bonds is 4. The Labute approximate surface area is 118 Å². The number of aliphatic carboxylic acids is 1. The van der Waals surface area contributed by atoms with E-state index in [-0.39, 0.29) is 13.2 Å². The van der Waals surface area contributed by atoms with E-state index in [0.29, 0.717) is 12.8 Å². The summed E-state index contributed by atoms with van der Waals surface area (Å²) in [5.41, 5.74) is -0.715. The molecule has 0 radical (unpaired) electrons. The molecule has 2 N–H and O–H groups in total. The number of nitrogens with zero attached hydrogens (tertiary/aromatic N) is 1. The second-order valence-corrected chi connectivity index (χ2v) is 6.89. The summed E-state index contributed by atoms with van der Waals surface area (Å²) in [5.74, 6) is -1.23. The quantitative estimate of drug-likeness (QED) is 0.784. The molecule has 1 saturated heterocycles. The Morgan fingerprint density at radius 1 is 1.45 bits per heavy atom. The lowest BCUT2D eigenvalue weighted by molar-refractivity contribution is -0.147.